The van der Waals surface area contributed by atoms with Crippen molar-refractivity contribution in [1.29, 1.82) is 0 Å². The molecule has 2 aromatic rings. The van der Waals surface area contributed by atoms with E-state index in [1.54, 1.807) is 7.11 Å². The van der Waals surface area contributed by atoms with Crippen molar-refractivity contribution in [2.45, 2.75) is 18.9 Å². The summed E-state index contributed by atoms with van der Waals surface area (Å²) in [5.41, 5.74) is 2.65. The lowest BCUT2D eigenvalue weighted by Crippen LogP contribution is -2.30. The van der Waals surface area contributed by atoms with Gasteiger partial charge in [-0.3, -0.25) is 0 Å². The molecule has 0 aliphatic heterocycles. The van der Waals surface area contributed by atoms with Gasteiger partial charge < -0.3 is 10.1 Å². The molecule has 3 heteroatoms. The van der Waals surface area contributed by atoms with Gasteiger partial charge in [-0.15, -0.1) is 0 Å². The Hall–Kier alpha value is -1.32. The third-order valence-electron chi connectivity index (χ3n) is 3.47. The van der Waals surface area contributed by atoms with Crippen LogP contribution in [-0.2, 0) is 12.8 Å². The standard InChI is InChI=1S/C17H20BrNO/c1-19-15(12-14-5-3-4-6-17(14)18)11-13-7-9-16(20-2)10-8-13/h3-10,15,19H,11-12H2,1-2H3. The second-order valence-corrected chi connectivity index (χ2v) is 5.69. The van der Waals surface area contributed by atoms with Gasteiger partial charge in [0.2, 0.25) is 0 Å². The van der Waals surface area contributed by atoms with Crippen molar-refractivity contribution in [2.75, 3.05) is 14.2 Å². The Morgan fingerprint density at radius 3 is 2.35 bits per heavy atom. The number of methoxy groups -OCH3 is 1. The maximum absolute atomic E-state index is 5.19. The molecule has 0 aliphatic carbocycles. The van der Waals surface area contributed by atoms with Gasteiger partial charge in [0.15, 0.2) is 0 Å². The van der Waals surface area contributed by atoms with Gasteiger partial charge in [0, 0.05) is 10.5 Å². The number of benzene rings is 2. The molecule has 0 bridgehead atoms. The van der Waals surface area contributed by atoms with E-state index in [9.17, 15) is 0 Å². The predicted octanol–water partition coefficient (Wildman–Crippen LogP) is 3.83. The van der Waals surface area contributed by atoms with Crippen molar-refractivity contribution in [2.24, 2.45) is 0 Å². The van der Waals surface area contributed by atoms with Crippen molar-refractivity contribution < 1.29 is 4.74 Å². The lowest BCUT2D eigenvalue weighted by Gasteiger charge is -2.17. The Morgan fingerprint density at radius 1 is 1.05 bits per heavy atom. The van der Waals surface area contributed by atoms with Crippen LogP contribution < -0.4 is 10.1 Å². The van der Waals surface area contributed by atoms with Crippen molar-refractivity contribution >= 4 is 15.9 Å². The number of ether oxygens (including phenoxy) is 1. The van der Waals surface area contributed by atoms with E-state index in [-0.39, 0.29) is 0 Å². The fourth-order valence-corrected chi connectivity index (χ4v) is 2.70. The molecule has 1 atom stereocenters. The first-order chi connectivity index (χ1) is 9.72. The van der Waals surface area contributed by atoms with Crippen LogP contribution in [0.4, 0.5) is 0 Å². The molecule has 0 saturated heterocycles. The molecule has 2 nitrogen and oxygen atoms in total. The summed E-state index contributed by atoms with van der Waals surface area (Å²) in [6, 6.07) is 17.1. The van der Waals surface area contributed by atoms with E-state index in [1.807, 2.05) is 25.2 Å². The molecule has 0 radical (unpaired) electrons. The fourth-order valence-electron chi connectivity index (χ4n) is 2.25. The summed E-state index contributed by atoms with van der Waals surface area (Å²) in [7, 11) is 3.71. The Bertz CT molecular complexity index is 539. The smallest absolute Gasteiger partial charge is 0.118 e. The Labute approximate surface area is 129 Å². The first-order valence-corrected chi connectivity index (χ1v) is 7.56. The molecule has 0 fully saturated rings. The molecule has 1 unspecified atom stereocenters. The number of hydrogen-bond acceptors (Lipinski definition) is 2. The van der Waals surface area contributed by atoms with Crippen LogP contribution in [0.2, 0.25) is 0 Å². The molecule has 0 aliphatic rings. The molecule has 0 aromatic heterocycles. The van der Waals surface area contributed by atoms with Crippen LogP contribution in [0.1, 0.15) is 11.1 Å². The molecule has 0 heterocycles. The Balaban J connectivity index is 2.03. The lowest BCUT2D eigenvalue weighted by molar-refractivity contribution is 0.414. The molecular weight excluding hydrogens is 314 g/mol. The molecule has 20 heavy (non-hydrogen) atoms. The summed E-state index contributed by atoms with van der Waals surface area (Å²) in [5.74, 6) is 0.903. The third kappa shape index (κ3) is 4.09. The normalized spacial score (nSPS) is 12.2. The van der Waals surface area contributed by atoms with Gasteiger partial charge in [0.05, 0.1) is 7.11 Å². The van der Waals surface area contributed by atoms with Gasteiger partial charge in [-0.25, -0.2) is 0 Å². The molecule has 0 amide bonds. The van der Waals surface area contributed by atoms with Gasteiger partial charge in [0.25, 0.3) is 0 Å². The van der Waals surface area contributed by atoms with Crippen molar-refractivity contribution in [3.8, 4) is 5.75 Å². The largest absolute Gasteiger partial charge is 0.497 e. The Kier molecular flexibility index (Phi) is 5.62. The predicted molar refractivity (Wildman–Crippen MR) is 87.4 cm³/mol. The molecule has 2 aromatic carbocycles. The molecule has 0 saturated carbocycles. The maximum atomic E-state index is 5.19. The highest BCUT2D eigenvalue weighted by molar-refractivity contribution is 9.10. The van der Waals surface area contributed by atoms with Gasteiger partial charge >= 0.3 is 0 Å². The second kappa shape index (κ2) is 7.46. The van der Waals surface area contributed by atoms with E-state index < -0.39 is 0 Å². The fraction of sp³-hybridized carbons (Fsp3) is 0.294. The van der Waals surface area contributed by atoms with Crippen molar-refractivity contribution in [3.63, 3.8) is 0 Å². The molecule has 1 N–H and O–H groups in total. The highest BCUT2D eigenvalue weighted by Gasteiger charge is 2.10. The van der Waals surface area contributed by atoms with E-state index in [2.05, 4.69) is 51.6 Å². The molecule has 106 valence electrons. The molecule has 2 rings (SSSR count). The van der Waals surface area contributed by atoms with Crippen molar-refractivity contribution in [3.05, 3.63) is 64.1 Å². The van der Waals surface area contributed by atoms with Crippen LogP contribution in [-0.4, -0.2) is 20.2 Å². The topological polar surface area (TPSA) is 21.3 Å². The average molecular weight is 334 g/mol. The highest BCUT2D eigenvalue weighted by Crippen LogP contribution is 2.19. The minimum Gasteiger partial charge on any atom is -0.497 e. The van der Waals surface area contributed by atoms with Gasteiger partial charge in [-0.05, 0) is 49.2 Å². The zero-order valence-corrected chi connectivity index (χ0v) is 13.5. The van der Waals surface area contributed by atoms with Crippen LogP contribution in [0.5, 0.6) is 5.75 Å². The number of halogens is 1. The lowest BCUT2D eigenvalue weighted by atomic mass is 9.99. The van der Waals surface area contributed by atoms with Crippen LogP contribution >= 0.6 is 15.9 Å². The Morgan fingerprint density at radius 2 is 1.75 bits per heavy atom. The quantitative estimate of drug-likeness (QED) is 0.867. The maximum Gasteiger partial charge on any atom is 0.118 e. The number of nitrogens with one attached hydrogen (secondary N) is 1. The van der Waals surface area contributed by atoms with Crippen LogP contribution in [0, 0.1) is 0 Å². The van der Waals surface area contributed by atoms with Gasteiger partial charge in [-0.2, -0.15) is 0 Å². The van der Waals surface area contributed by atoms with Gasteiger partial charge in [-0.1, -0.05) is 46.3 Å². The summed E-state index contributed by atoms with van der Waals surface area (Å²) in [6.45, 7) is 0. The zero-order valence-electron chi connectivity index (χ0n) is 11.9. The van der Waals surface area contributed by atoms with E-state index >= 15 is 0 Å². The van der Waals surface area contributed by atoms with E-state index in [0.717, 1.165) is 18.6 Å². The minimum absolute atomic E-state index is 0.419. The summed E-state index contributed by atoms with van der Waals surface area (Å²) < 4.78 is 6.37. The minimum atomic E-state index is 0.419. The number of hydrogen-bond donors (Lipinski definition) is 1. The van der Waals surface area contributed by atoms with Crippen LogP contribution in [0.3, 0.4) is 0 Å². The van der Waals surface area contributed by atoms with Gasteiger partial charge in [0.1, 0.15) is 5.75 Å². The molecular formula is C17H20BrNO. The zero-order chi connectivity index (χ0) is 14.4. The van der Waals surface area contributed by atoms with Crippen LogP contribution in [0.15, 0.2) is 53.0 Å². The number of rotatable bonds is 6. The average Bonchev–Trinajstić information content (AvgIpc) is 2.49. The first kappa shape index (κ1) is 15.1. The van der Waals surface area contributed by atoms with Crippen molar-refractivity contribution in [1.82, 2.24) is 5.32 Å². The number of likely N-dealkylation sites (N-methyl/N-ethyl adjacent to an activating group) is 1. The molecule has 0 spiro atoms. The monoisotopic (exact) mass is 333 g/mol. The third-order valence-corrected chi connectivity index (χ3v) is 4.25. The SMILES string of the molecule is CNC(Cc1ccc(OC)cc1)Cc1ccccc1Br. The van der Waals surface area contributed by atoms with E-state index in [4.69, 9.17) is 4.74 Å². The summed E-state index contributed by atoms with van der Waals surface area (Å²) in [4.78, 5) is 0. The first-order valence-electron chi connectivity index (χ1n) is 6.76. The second-order valence-electron chi connectivity index (χ2n) is 4.83. The van der Waals surface area contributed by atoms with E-state index in [1.165, 1.54) is 15.6 Å². The summed E-state index contributed by atoms with van der Waals surface area (Å²) in [5, 5.41) is 3.40. The van der Waals surface area contributed by atoms with E-state index in [0.29, 0.717) is 6.04 Å². The highest BCUT2D eigenvalue weighted by atomic mass is 79.9. The summed E-state index contributed by atoms with van der Waals surface area (Å²) >= 11 is 3.61. The summed E-state index contributed by atoms with van der Waals surface area (Å²) in [6.07, 6.45) is 2.01. The van der Waals surface area contributed by atoms with Crippen LogP contribution in [0.25, 0.3) is 0 Å².